The van der Waals surface area contributed by atoms with Crippen LogP contribution < -0.4 is 0 Å². The van der Waals surface area contributed by atoms with E-state index in [0.717, 1.165) is 16.3 Å². The van der Waals surface area contributed by atoms with Crippen molar-refractivity contribution in [3.05, 3.63) is 53.6 Å². The Morgan fingerprint density at radius 2 is 1.59 bits per heavy atom. The van der Waals surface area contributed by atoms with Crippen molar-refractivity contribution < 1.29 is 9.59 Å². The van der Waals surface area contributed by atoms with Crippen LogP contribution in [-0.4, -0.2) is 20.0 Å². The van der Waals surface area contributed by atoms with Crippen molar-refractivity contribution in [1.29, 1.82) is 0 Å². The van der Waals surface area contributed by atoms with Gasteiger partial charge in [0.05, 0.1) is 0 Å². The van der Waals surface area contributed by atoms with Gasteiger partial charge >= 0.3 is 0 Å². The average Bonchev–Trinajstić information content (AvgIpc) is 2.33. The van der Waals surface area contributed by atoms with Crippen molar-refractivity contribution in [3.8, 4) is 0 Å². The van der Waals surface area contributed by atoms with Crippen molar-refractivity contribution in [1.82, 2.24) is 0 Å². The predicted molar refractivity (Wildman–Crippen MR) is 68.1 cm³/mol. The van der Waals surface area contributed by atoms with Gasteiger partial charge in [-0.3, -0.25) is 9.59 Å². The Hall–Kier alpha value is -2.16. The first-order valence-electron chi connectivity index (χ1n) is 5.06. The van der Waals surface area contributed by atoms with Gasteiger partial charge in [0.15, 0.2) is 0 Å². The molecule has 0 amide bonds. The van der Waals surface area contributed by atoms with E-state index in [1.54, 1.807) is 12.1 Å². The largest absolute Gasteiger partial charge is 0.286 e. The van der Waals surface area contributed by atoms with Crippen LogP contribution >= 0.6 is 0 Å². The SMILES string of the molecule is O=C1C=Cc2c(ccc3ccccc23)C1=O.[B]. The molecule has 1 aliphatic carbocycles. The maximum Gasteiger partial charge on any atom is 0.233 e. The van der Waals surface area contributed by atoms with Gasteiger partial charge in [-0.1, -0.05) is 30.3 Å². The number of carbonyl (C=O) groups excluding carboxylic acids is 2. The molecule has 0 atom stereocenters. The molecule has 0 saturated carbocycles. The first-order valence-corrected chi connectivity index (χ1v) is 5.06. The number of benzene rings is 2. The third-order valence-electron chi connectivity index (χ3n) is 2.84. The lowest BCUT2D eigenvalue weighted by molar-refractivity contribution is -0.110. The summed E-state index contributed by atoms with van der Waals surface area (Å²) in [6.45, 7) is 0. The summed E-state index contributed by atoms with van der Waals surface area (Å²) in [5, 5.41) is 2.09. The smallest absolute Gasteiger partial charge is 0.233 e. The van der Waals surface area contributed by atoms with Crippen LogP contribution in [-0.2, 0) is 4.79 Å². The molecule has 2 aromatic rings. The van der Waals surface area contributed by atoms with Crippen molar-refractivity contribution in [2.24, 2.45) is 0 Å². The second-order valence-electron chi connectivity index (χ2n) is 3.77. The standard InChI is InChI=1S/C14H8O2.B/c15-13-8-7-11-10-4-2-1-3-9(10)5-6-12(11)14(13)16;/h1-8H;. The molecule has 3 radical (unpaired) electrons. The molecule has 2 nitrogen and oxygen atoms in total. The molecule has 0 aromatic heterocycles. The zero-order chi connectivity index (χ0) is 11.1. The molecule has 3 rings (SSSR count). The van der Waals surface area contributed by atoms with E-state index in [1.165, 1.54) is 6.08 Å². The lowest BCUT2D eigenvalue weighted by atomic mass is 9.91. The fourth-order valence-electron chi connectivity index (χ4n) is 2.04. The Bertz CT molecular complexity index is 656. The third kappa shape index (κ3) is 1.60. The average molecular weight is 219 g/mol. The van der Waals surface area contributed by atoms with Gasteiger partial charge < -0.3 is 0 Å². The van der Waals surface area contributed by atoms with Crippen molar-refractivity contribution >= 4 is 36.8 Å². The number of carbonyl (C=O) groups is 2. The summed E-state index contributed by atoms with van der Waals surface area (Å²) >= 11 is 0. The number of hydrogen-bond donors (Lipinski definition) is 0. The summed E-state index contributed by atoms with van der Waals surface area (Å²) in [6.07, 6.45) is 3.07. The number of Topliss-reactive ketones (excluding diaryl/α,β-unsaturated/α-hetero) is 1. The minimum Gasteiger partial charge on any atom is -0.286 e. The summed E-state index contributed by atoms with van der Waals surface area (Å²) in [4.78, 5) is 22.9. The topological polar surface area (TPSA) is 34.1 Å². The van der Waals surface area contributed by atoms with Gasteiger partial charge in [-0.15, -0.1) is 0 Å². The molecule has 0 fully saturated rings. The first kappa shape index (κ1) is 11.3. The lowest BCUT2D eigenvalue weighted by Crippen LogP contribution is -2.16. The number of allylic oxidation sites excluding steroid dienone is 1. The molecule has 0 bridgehead atoms. The first-order chi connectivity index (χ1) is 7.77. The lowest BCUT2D eigenvalue weighted by Gasteiger charge is -2.11. The Balaban J connectivity index is 0.00000108. The fourth-order valence-corrected chi connectivity index (χ4v) is 2.04. The molecule has 79 valence electrons. The monoisotopic (exact) mass is 219 g/mol. The van der Waals surface area contributed by atoms with Gasteiger partial charge in [-0.2, -0.15) is 0 Å². The molecule has 0 aliphatic heterocycles. The van der Waals surface area contributed by atoms with Crippen LogP contribution in [0.15, 0.2) is 42.5 Å². The molecular formula is C14H8BO2. The van der Waals surface area contributed by atoms with Crippen LogP contribution in [0.1, 0.15) is 15.9 Å². The highest BCUT2D eigenvalue weighted by atomic mass is 16.2. The van der Waals surface area contributed by atoms with E-state index in [-0.39, 0.29) is 8.41 Å². The molecule has 17 heavy (non-hydrogen) atoms. The Morgan fingerprint density at radius 1 is 0.824 bits per heavy atom. The zero-order valence-electron chi connectivity index (χ0n) is 9.01. The number of rotatable bonds is 0. The van der Waals surface area contributed by atoms with E-state index >= 15 is 0 Å². The normalized spacial score (nSPS) is 13.4. The molecular weight excluding hydrogens is 211 g/mol. The van der Waals surface area contributed by atoms with Crippen LogP contribution in [0.5, 0.6) is 0 Å². The van der Waals surface area contributed by atoms with Gasteiger partial charge in [-0.05, 0) is 34.6 Å². The van der Waals surface area contributed by atoms with E-state index in [0.29, 0.717) is 5.56 Å². The van der Waals surface area contributed by atoms with E-state index in [2.05, 4.69) is 0 Å². The summed E-state index contributed by atoms with van der Waals surface area (Å²) < 4.78 is 0. The van der Waals surface area contributed by atoms with Gasteiger partial charge in [0.25, 0.3) is 0 Å². The molecule has 1 aliphatic rings. The summed E-state index contributed by atoms with van der Waals surface area (Å²) in [6, 6.07) is 11.4. The Morgan fingerprint density at radius 3 is 2.41 bits per heavy atom. The fraction of sp³-hybridized carbons (Fsp3) is 0. The minimum atomic E-state index is -0.442. The second kappa shape index (κ2) is 4.02. The molecule has 3 heteroatoms. The maximum absolute atomic E-state index is 11.7. The third-order valence-corrected chi connectivity index (χ3v) is 2.84. The number of ketones is 2. The molecule has 0 saturated heterocycles. The molecule has 2 aromatic carbocycles. The van der Waals surface area contributed by atoms with Crippen LogP contribution in [0.25, 0.3) is 16.8 Å². The van der Waals surface area contributed by atoms with Crippen molar-refractivity contribution in [2.45, 2.75) is 0 Å². The Kier molecular flexibility index (Phi) is 2.68. The van der Waals surface area contributed by atoms with Gasteiger partial charge in [0.1, 0.15) is 0 Å². The highest BCUT2D eigenvalue weighted by molar-refractivity contribution is 6.50. The van der Waals surface area contributed by atoms with Crippen LogP contribution in [0, 0.1) is 0 Å². The summed E-state index contributed by atoms with van der Waals surface area (Å²) in [5.74, 6) is -0.856. The predicted octanol–water partition coefficient (Wildman–Crippen LogP) is 2.24. The highest BCUT2D eigenvalue weighted by Crippen LogP contribution is 2.26. The molecule has 0 heterocycles. The van der Waals surface area contributed by atoms with E-state index in [9.17, 15) is 9.59 Å². The summed E-state index contributed by atoms with van der Waals surface area (Å²) in [5.41, 5.74) is 1.36. The molecule has 0 N–H and O–H groups in total. The van der Waals surface area contributed by atoms with Crippen LogP contribution in [0.3, 0.4) is 0 Å². The van der Waals surface area contributed by atoms with Gasteiger partial charge in [0.2, 0.25) is 11.6 Å². The maximum atomic E-state index is 11.7. The van der Waals surface area contributed by atoms with Crippen molar-refractivity contribution in [3.63, 3.8) is 0 Å². The second-order valence-corrected chi connectivity index (χ2v) is 3.77. The summed E-state index contributed by atoms with van der Waals surface area (Å²) in [7, 11) is 0. The van der Waals surface area contributed by atoms with Crippen LogP contribution in [0.2, 0.25) is 0 Å². The van der Waals surface area contributed by atoms with Crippen molar-refractivity contribution in [2.75, 3.05) is 0 Å². The number of hydrogen-bond acceptors (Lipinski definition) is 2. The zero-order valence-corrected chi connectivity index (χ0v) is 9.01. The Labute approximate surface area is 101 Å². The van der Waals surface area contributed by atoms with E-state index < -0.39 is 11.6 Å². The number of fused-ring (bicyclic) bond motifs is 3. The quantitative estimate of drug-likeness (QED) is 0.502. The molecule has 0 unspecified atom stereocenters. The molecule has 0 spiro atoms. The highest BCUT2D eigenvalue weighted by Gasteiger charge is 2.21. The minimum absolute atomic E-state index is 0. The van der Waals surface area contributed by atoms with E-state index in [1.807, 2.05) is 30.3 Å². The van der Waals surface area contributed by atoms with E-state index in [4.69, 9.17) is 0 Å². The van der Waals surface area contributed by atoms with Gasteiger partial charge in [0, 0.05) is 14.0 Å². The van der Waals surface area contributed by atoms with Gasteiger partial charge in [-0.25, -0.2) is 0 Å². The van der Waals surface area contributed by atoms with Crippen LogP contribution in [0.4, 0.5) is 0 Å².